The zero-order valence-electron chi connectivity index (χ0n) is 30.2. The number of carboxylic acids is 1. The van der Waals surface area contributed by atoms with Crippen LogP contribution in [0.25, 0.3) is 0 Å². The average Bonchev–Trinajstić information content (AvgIpc) is 2.98. The van der Waals surface area contributed by atoms with E-state index >= 15 is 0 Å². The molecule has 0 radical (unpaired) electrons. The van der Waals surface area contributed by atoms with Crippen LogP contribution >= 0.6 is 23.2 Å². The van der Waals surface area contributed by atoms with Crippen LogP contribution in [-0.2, 0) is 4.79 Å². The zero-order valence-corrected chi connectivity index (χ0v) is 31.7. The van der Waals surface area contributed by atoms with E-state index < -0.39 is 5.97 Å². The molecule has 0 spiro atoms. The molecule has 0 unspecified atom stereocenters. The van der Waals surface area contributed by atoms with Crippen LogP contribution in [0.3, 0.4) is 0 Å². The first kappa shape index (κ1) is 50.8. The molecule has 0 saturated carbocycles. The summed E-state index contributed by atoms with van der Waals surface area (Å²) in [5.74, 6) is -0.653. The van der Waals surface area contributed by atoms with Gasteiger partial charge in [-0.3, -0.25) is 4.79 Å². The molecule has 0 atom stereocenters. The van der Waals surface area contributed by atoms with E-state index in [2.05, 4.69) is 13.8 Å². The number of alkyl halides is 2. The van der Waals surface area contributed by atoms with Gasteiger partial charge >= 0.3 is 5.97 Å². The van der Waals surface area contributed by atoms with Crippen LogP contribution in [0, 0.1) is 0 Å². The molecule has 0 saturated heterocycles. The van der Waals surface area contributed by atoms with Crippen LogP contribution in [0.15, 0.2) is 0 Å². The third-order valence-corrected chi connectivity index (χ3v) is 7.51. The summed E-state index contributed by atoms with van der Waals surface area (Å²) in [7, 11) is 0. The van der Waals surface area contributed by atoms with Gasteiger partial charge in [-0.25, -0.2) is 0 Å². The molecule has 3 N–H and O–H groups in total. The molecule has 0 rings (SSSR count). The Kier molecular flexibility index (Phi) is 60.6. The van der Waals surface area contributed by atoms with Crippen molar-refractivity contribution in [2.75, 3.05) is 11.9 Å². The molecule has 0 aliphatic rings. The summed E-state index contributed by atoms with van der Waals surface area (Å²) < 4.78 is 0. The van der Waals surface area contributed by atoms with E-state index in [-0.39, 0.29) is 11.4 Å². The molecule has 4 nitrogen and oxygen atoms in total. The topological polar surface area (TPSA) is 77.8 Å². The number of hydrogen-bond donors (Lipinski definition) is 3. The monoisotopic (exact) mass is 671 g/mol. The van der Waals surface area contributed by atoms with Gasteiger partial charge in [0.1, 0.15) is 0 Å². The average molecular weight is 672 g/mol. The van der Waals surface area contributed by atoms with Gasteiger partial charge in [0.2, 0.25) is 0 Å². The first-order chi connectivity index (χ1) is 21.3. The molecule has 0 aliphatic carbocycles. The predicted octanol–water partition coefficient (Wildman–Crippen LogP) is 13.6. The Balaban J connectivity index is -0.000000302. The second-order valence-electron chi connectivity index (χ2n) is 12.6. The summed E-state index contributed by atoms with van der Waals surface area (Å²) in [5, 5.41) is 25.4. The first-order valence-electron chi connectivity index (χ1n) is 19.0. The number of unbranched alkanes of at least 4 members (excludes halogenated alkanes) is 27. The van der Waals surface area contributed by atoms with E-state index in [0.717, 1.165) is 19.3 Å². The number of carboxylic acid groups (broad SMARTS) is 1. The number of aliphatic hydroxyl groups is 2. The van der Waals surface area contributed by atoms with Crippen LogP contribution in [-0.4, -0.2) is 39.3 Å². The largest absolute Gasteiger partial charge is 0.481 e. The summed E-state index contributed by atoms with van der Waals surface area (Å²) in [4.78, 5) is 10.3. The standard InChI is InChI=1S/C18H36O2.C16H34O.C3H8O.CH2Cl2/c1-2-3-4-5-6-7-8-9-10-11-12-13-14-15-16-17-18(19)20;1-2-3-4-5-6-7-8-9-10-11-12-13-14-15-16-17;1-3(2)4;2-1-3/h2-17H2,1H3,(H,19,20);17H,2-16H2,1H3;3-4H,1-2H3;1H2. The van der Waals surface area contributed by atoms with Crippen molar-refractivity contribution in [3.8, 4) is 0 Å². The minimum Gasteiger partial charge on any atom is -0.481 e. The molecule has 0 aromatic carbocycles. The molecule has 0 aromatic rings. The highest BCUT2D eigenvalue weighted by atomic mass is 35.5. The van der Waals surface area contributed by atoms with Crippen LogP contribution in [0.4, 0.5) is 0 Å². The molecule has 0 heterocycles. The zero-order chi connectivity index (χ0) is 33.8. The van der Waals surface area contributed by atoms with Gasteiger partial charge < -0.3 is 15.3 Å². The normalized spacial score (nSPS) is 10.4. The first-order valence-corrected chi connectivity index (χ1v) is 20.0. The van der Waals surface area contributed by atoms with Crippen molar-refractivity contribution in [1.29, 1.82) is 0 Å². The summed E-state index contributed by atoms with van der Waals surface area (Å²) in [6.45, 7) is 8.37. The summed E-state index contributed by atoms with van der Waals surface area (Å²) >= 11 is 9.53. The molecule has 44 heavy (non-hydrogen) atoms. The van der Waals surface area contributed by atoms with Crippen molar-refractivity contribution >= 4 is 29.2 Å². The van der Waals surface area contributed by atoms with Crippen LogP contribution in [0.5, 0.6) is 0 Å². The maximum atomic E-state index is 10.3. The SMILES string of the molecule is CC(C)O.CCCCCCCCCCCCCCCCCC(=O)O.CCCCCCCCCCCCCCCCO.ClCCl. The number of hydrogen-bond acceptors (Lipinski definition) is 3. The number of carbonyl (C=O) groups is 1. The molecule has 6 heteroatoms. The Morgan fingerprint density at radius 1 is 0.477 bits per heavy atom. The molecular weight excluding hydrogens is 591 g/mol. The Morgan fingerprint density at radius 2 is 0.659 bits per heavy atom. The van der Waals surface area contributed by atoms with E-state index in [1.165, 1.54) is 167 Å². The van der Waals surface area contributed by atoms with E-state index in [1.54, 1.807) is 13.8 Å². The molecule has 0 aliphatic heterocycles. The predicted molar refractivity (Wildman–Crippen MR) is 199 cm³/mol. The summed E-state index contributed by atoms with van der Waals surface area (Å²) in [6.07, 6.45) is 39.2. The third-order valence-electron chi connectivity index (χ3n) is 7.51. The molecule has 270 valence electrons. The highest BCUT2D eigenvalue weighted by Gasteiger charge is 1.97. The van der Waals surface area contributed by atoms with Gasteiger partial charge in [-0.05, 0) is 26.7 Å². The van der Waals surface area contributed by atoms with Crippen molar-refractivity contribution in [2.24, 2.45) is 0 Å². The number of halogens is 2. The number of aliphatic carboxylic acids is 1. The lowest BCUT2D eigenvalue weighted by Crippen LogP contribution is -1.93. The molecular formula is C38H80Cl2O4. The van der Waals surface area contributed by atoms with Crippen molar-refractivity contribution in [2.45, 2.75) is 226 Å². The highest BCUT2D eigenvalue weighted by molar-refractivity contribution is 6.40. The minimum atomic E-state index is -0.653. The Bertz CT molecular complexity index is 447. The van der Waals surface area contributed by atoms with Crippen molar-refractivity contribution in [3.63, 3.8) is 0 Å². The molecule has 0 amide bonds. The van der Waals surface area contributed by atoms with Gasteiger partial charge in [0.15, 0.2) is 0 Å². The van der Waals surface area contributed by atoms with E-state index in [1.807, 2.05) is 0 Å². The lowest BCUT2D eigenvalue weighted by molar-refractivity contribution is -0.137. The summed E-state index contributed by atoms with van der Waals surface area (Å²) in [6, 6.07) is 0. The lowest BCUT2D eigenvalue weighted by atomic mass is 10.0. The molecule has 0 aromatic heterocycles. The lowest BCUT2D eigenvalue weighted by Gasteiger charge is -2.03. The van der Waals surface area contributed by atoms with Gasteiger partial charge in [0.05, 0.1) is 5.34 Å². The van der Waals surface area contributed by atoms with E-state index in [9.17, 15) is 4.79 Å². The maximum Gasteiger partial charge on any atom is 0.303 e. The maximum absolute atomic E-state index is 10.3. The third kappa shape index (κ3) is 73.4. The Labute approximate surface area is 286 Å². The van der Waals surface area contributed by atoms with Gasteiger partial charge in [-0.2, -0.15) is 0 Å². The minimum absolute atomic E-state index is 0.167. The second kappa shape index (κ2) is 52.5. The van der Waals surface area contributed by atoms with Crippen molar-refractivity contribution in [1.82, 2.24) is 0 Å². The van der Waals surface area contributed by atoms with Crippen molar-refractivity contribution in [3.05, 3.63) is 0 Å². The van der Waals surface area contributed by atoms with Crippen molar-refractivity contribution < 1.29 is 20.1 Å². The quantitative estimate of drug-likeness (QED) is 0.0524. The molecule has 0 bridgehead atoms. The fourth-order valence-electron chi connectivity index (χ4n) is 4.95. The summed E-state index contributed by atoms with van der Waals surface area (Å²) in [5.41, 5.74) is 0. The fourth-order valence-corrected chi connectivity index (χ4v) is 4.95. The van der Waals surface area contributed by atoms with E-state index in [4.69, 9.17) is 38.5 Å². The van der Waals surface area contributed by atoms with Crippen LogP contribution in [0.2, 0.25) is 0 Å². The number of aliphatic hydroxyl groups excluding tert-OH is 2. The van der Waals surface area contributed by atoms with Gasteiger partial charge in [0, 0.05) is 19.1 Å². The van der Waals surface area contributed by atoms with Gasteiger partial charge in [-0.1, -0.05) is 187 Å². The Hall–Kier alpha value is -0.0300. The van der Waals surface area contributed by atoms with Gasteiger partial charge in [0.25, 0.3) is 0 Å². The van der Waals surface area contributed by atoms with Crippen LogP contribution < -0.4 is 0 Å². The number of rotatable bonds is 30. The second-order valence-corrected chi connectivity index (χ2v) is 13.4. The van der Waals surface area contributed by atoms with Gasteiger partial charge in [-0.15, -0.1) is 23.2 Å². The molecule has 0 fully saturated rings. The smallest absolute Gasteiger partial charge is 0.303 e. The fraction of sp³-hybridized carbons (Fsp3) is 0.974. The van der Waals surface area contributed by atoms with E-state index in [0.29, 0.717) is 13.0 Å². The van der Waals surface area contributed by atoms with Crippen LogP contribution in [0.1, 0.15) is 220 Å². The highest BCUT2D eigenvalue weighted by Crippen LogP contribution is 2.14. The Morgan fingerprint density at radius 3 is 0.841 bits per heavy atom.